The van der Waals surface area contributed by atoms with Gasteiger partial charge in [-0.15, -0.1) is 0 Å². The molecule has 0 amide bonds. The minimum Gasteiger partial charge on any atom is -0.383 e. The Bertz CT molecular complexity index is 555. The van der Waals surface area contributed by atoms with Crippen LogP contribution >= 0.6 is 0 Å². The molecule has 0 aliphatic rings. The fourth-order valence-corrected chi connectivity index (χ4v) is 1.94. The lowest BCUT2D eigenvalue weighted by Gasteiger charge is -2.14. The quantitative estimate of drug-likeness (QED) is 0.914. The van der Waals surface area contributed by atoms with Crippen LogP contribution in [0.2, 0.25) is 0 Å². The van der Waals surface area contributed by atoms with Gasteiger partial charge in [0.25, 0.3) is 0 Å². The molecular weight excluding hydrogens is 238 g/mol. The predicted octanol–water partition coefficient (Wildman–Crippen LogP) is 3.13. The molecule has 0 saturated heterocycles. The molecule has 2 rings (SSSR count). The van der Waals surface area contributed by atoms with E-state index in [1.807, 2.05) is 51.1 Å². The molecule has 0 spiro atoms. The highest BCUT2D eigenvalue weighted by atomic mass is 16.5. The van der Waals surface area contributed by atoms with Crippen LogP contribution in [0.5, 0.6) is 0 Å². The monoisotopic (exact) mass is 257 g/mol. The number of nitrogens with two attached hydrogens (primary N) is 1. The van der Waals surface area contributed by atoms with Crippen LogP contribution < -0.4 is 5.73 Å². The van der Waals surface area contributed by atoms with Crippen molar-refractivity contribution in [3.63, 3.8) is 0 Å². The molecule has 4 heteroatoms. The molecule has 0 bridgehead atoms. The second-order valence-electron chi connectivity index (χ2n) is 4.40. The molecule has 1 unspecified atom stereocenters. The molecule has 1 aromatic carbocycles. The Hall–Kier alpha value is -1.94. The van der Waals surface area contributed by atoms with E-state index in [4.69, 9.17) is 10.5 Å². The Morgan fingerprint density at radius 1 is 1.21 bits per heavy atom. The third kappa shape index (κ3) is 2.90. The van der Waals surface area contributed by atoms with Gasteiger partial charge in [-0.25, -0.2) is 9.97 Å². The molecule has 1 aromatic heterocycles. The molecule has 2 aromatic rings. The number of rotatable bonds is 4. The lowest BCUT2D eigenvalue weighted by Crippen LogP contribution is -2.10. The standard InChI is InChI=1S/C15H19N3O/c1-4-19-11(3)15-17-13(10(2)14(16)18-15)12-8-6-5-7-9-12/h5-9,11H,4H2,1-3H3,(H2,16,17,18). The maximum absolute atomic E-state index is 5.99. The second kappa shape index (κ2) is 5.80. The van der Waals surface area contributed by atoms with E-state index in [2.05, 4.69) is 9.97 Å². The number of ether oxygens (including phenoxy) is 1. The third-order valence-electron chi connectivity index (χ3n) is 3.03. The van der Waals surface area contributed by atoms with Crippen LogP contribution in [-0.2, 0) is 4.74 Å². The van der Waals surface area contributed by atoms with Gasteiger partial charge in [-0.2, -0.15) is 0 Å². The fourth-order valence-electron chi connectivity index (χ4n) is 1.94. The second-order valence-corrected chi connectivity index (χ2v) is 4.40. The zero-order valence-corrected chi connectivity index (χ0v) is 11.6. The van der Waals surface area contributed by atoms with Crippen molar-refractivity contribution in [3.05, 3.63) is 41.7 Å². The third-order valence-corrected chi connectivity index (χ3v) is 3.03. The molecular formula is C15H19N3O. The minimum absolute atomic E-state index is 0.157. The van der Waals surface area contributed by atoms with Crippen LogP contribution in [0.3, 0.4) is 0 Å². The molecule has 0 saturated carbocycles. The Morgan fingerprint density at radius 3 is 2.53 bits per heavy atom. The number of anilines is 1. The Morgan fingerprint density at radius 2 is 1.89 bits per heavy atom. The largest absolute Gasteiger partial charge is 0.383 e. The topological polar surface area (TPSA) is 61.0 Å². The molecule has 0 aliphatic carbocycles. The Labute approximate surface area is 113 Å². The van der Waals surface area contributed by atoms with Crippen molar-refractivity contribution in [1.82, 2.24) is 9.97 Å². The van der Waals surface area contributed by atoms with E-state index in [0.717, 1.165) is 16.8 Å². The molecule has 1 heterocycles. The van der Waals surface area contributed by atoms with Crippen molar-refractivity contribution in [2.75, 3.05) is 12.3 Å². The lowest BCUT2D eigenvalue weighted by atomic mass is 10.1. The molecule has 1 atom stereocenters. The van der Waals surface area contributed by atoms with Gasteiger partial charge in [-0.3, -0.25) is 0 Å². The summed E-state index contributed by atoms with van der Waals surface area (Å²) in [4.78, 5) is 8.92. The van der Waals surface area contributed by atoms with Crippen molar-refractivity contribution in [2.24, 2.45) is 0 Å². The molecule has 2 N–H and O–H groups in total. The van der Waals surface area contributed by atoms with Crippen LogP contribution in [0.15, 0.2) is 30.3 Å². The number of aromatic nitrogens is 2. The van der Waals surface area contributed by atoms with Crippen molar-refractivity contribution < 1.29 is 4.74 Å². The van der Waals surface area contributed by atoms with Crippen molar-refractivity contribution in [1.29, 1.82) is 0 Å². The van der Waals surface area contributed by atoms with Gasteiger partial charge < -0.3 is 10.5 Å². The molecule has 0 fully saturated rings. The highest BCUT2D eigenvalue weighted by Gasteiger charge is 2.15. The number of benzene rings is 1. The predicted molar refractivity (Wildman–Crippen MR) is 76.7 cm³/mol. The summed E-state index contributed by atoms with van der Waals surface area (Å²) in [6.45, 7) is 6.44. The Kier molecular flexibility index (Phi) is 4.12. The zero-order valence-electron chi connectivity index (χ0n) is 11.6. The van der Waals surface area contributed by atoms with Gasteiger partial charge in [-0.05, 0) is 20.8 Å². The minimum atomic E-state index is -0.157. The summed E-state index contributed by atoms with van der Waals surface area (Å²) in [6, 6.07) is 9.98. The van der Waals surface area contributed by atoms with E-state index in [1.165, 1.54) is 0 Å². The van der Waals surface area contributed by atoms with Gasteiger partial charge in [-0.1, -0.05) is 30.3 Å². The van der Waals surface area contributed by atoms with Gasteiger partial charge in [0.05, 0.1) is 5.69 Å². The van der Waals surface area contributed by atoms with E-state index in [0.29, 0.717) is 18.2 Å². The average Bonchev–Trinajstić information content (AvgIpc) is 2.43. The van der Waals surface area contributed by atoms with Crippen molar-refractivity contribution in [2.45, 2.75) is 26.9 Å². The van der Waals surface area contributed by atoms with Crippen molar-refractivity contribution in [3.8, 4) is 11.3 Å². The normalized spacial score (nSPS) is 12.4. The number of hydrogen-bond acceptors (Lipinski definition) is 4. The van der Waals surface area contributed by atoms with Gasteiger partial charge in [0.15, 0.2) is 5.82 Å². The molecule has 100 valence electrons. The van der Waals surface area contributed by atoms with Gasteiger partial charge in [0.2, 0.25) is 0 Å². The summed E-state index contributed by atoms with van der Waals surface area (Å²) in [5.41, 5.74) is 8.80. The maximum atomic E-state index is 5.99. The molecule has 0 radical (unpaired) electrons. The zero-order chi connectivity index (χ0) is 13.8. The van der Waals surface area contributed by atoms with Crippen LogP contribution in [0.4, 0.5) is 5.82 Å². The summed E-state index contributed by atoms with van der Waals surface area (Å²) in [5, 5.41) is 0. The van der Waals surface area contributed by atoms with E-state index in [9.17, 15) is 0 Å². The van der Waals surface area contributed by atoms with Gasteiger partial charge >= 0.3 is 0 Å². The molecule has 0 aliphatic heterocycles. The average molecular weight is 257 g/mol. The molecule has 4 nitrogen and oxygen atoms in total. The first-order chi connectivity index (χ1) is 9.13. The SMILES string of the molecule is CCOC(C)c1nc(N)c(C)c(-c2ccccc2)n1. The van der Waals surface area contributed by atoms with Gasteiger partial charge in [0, 0.05) is 17.7 Å². The van der Waals surface area contributed by atoms with Crippen LogP contribution in [-0.4, -0.2) is 16.6 Å². The summed E-state index contributed by atoms with van der Waals surface area (Å²) < 4.78 is 5.53. The summed E-state index contributed by atoms with van der Waals surface area (Å²) in [7, 11) is 0. The highest BCUT2D eigenvalue weighted by molar-refractivity contribution is 5.67. The lowest BCUT2D eigenvalue weighted by molar-refractivity contribution is 0.0702. The number of hydrogen-bond donors (Lipinski definition) is 1. The number of nitrogen functional groups attached to an aromatic ring is 1. The summed E-state index contributed by atoms with van der Waals surface area (Å²) in [6.07, 6.45) is -0.157. The first-order valence-corrected chi connectivity index (χ1v) is 6.44. The van der Waals surface area contributed by atoms with Crippen molar-refractivity contribution >= 4 is 5.82 Å². The smallest absolute Gasteiger partial charge is 0.159 e. The summed E-state index contributed by atoms with van der Waals surface area (Å²) >= 11 is 0. The first-order valence-electron chi connectivity index (χ1n) is 6.44. The highest BCUT2D eigenvalue weighted by Crippen LogP contribution is 2.26. The molecule has 19 heavy (non-hydrogen) atoms. The van der Waals surface area contributed by atoms with E-state index < -0.39 is 0 Å². The van der Waals surface area contributed by atoms with E-state index in [-0.39, 0.29) is 6.10 Å². The summed E-state index contributed by atoms with van der Waals surface area (Å²) in [5.74, 6) is 1.14. The van der Waals surface area contributed by atoms with Crippen LogP contribution in [0.1, 0.15) is 31.3 Å². The maximum Gasteiger partial charge on any atom is 0.159 e. The van der Waals surface area contributed by atoms with Crippen LogP contribution in [0, 0.1) is 6.92 Å². The Balaban J connectivity index is 2.49. The van der Waals surface area contributed by atoms with Gasteiger partial charge in [0.1, 0.15) is 11.9 Å². The van der Waals surface area contributed by atoms with E-state index >= 15 is 0 Å². The number of nitrogens with zero attached hydrogens (tertiary/aromatic N) is 2. The van der Waals surface area contributed by atoms with Crippen LogP contribution in [0.25, 0.3) is 11.3 Å². The fraction of sp³-hybridized carbons (Fsp3) is 0.333. The first kappa shape index (κ1) is 13.5. The van der Waals surface area contributed by atoms with E-state index in [1.54, 1.807) is 0 Å².